The maximum absolute atomic E-state index is 11.3. The van der Waals surface area contributed by atoms with E-state index in [4.69, 9.17) is 5.11 Å². The van der Waals surface area contributed by atoms with E-state index in [9.17, 15) is 9.59 Å². The lowest BCUT2D eigenvalue weighted by Gasteiger charge is -2.16. The summed E-state index contributed by atoms with van der Waals surface area (Å²) in [7, 11) is 1.66. The fraction of sp³-hybridized carbons (Fsp3) is 0.818. The molecule has 2 N–H and O–H groups in total. The number of nitrogens with one attached hydrogen (secondary N) is 1. The molecule has 0 saturated carbocycles. The normalized spacial score (nSPS) is 17.8. The molecule has 1 unspecified atom stereocenters. The Morgan fingerprint density at radius 2 is 2.31 bits per heavy atom. The number of unbranched alkanes of at least 4 members (excludes halogenated alkanes) is 1. The van der Waals surface area contributed by atoms with Crippen LogP contribution in [0.15, 0.2) is 0 Å². The van der Waals surface area contributed by atoms with Crippen molar-refractivity contribution in [2.45, 2.75) is 38.1 Å². The average Bonchev–Trinajstić information content (AvgIpc) is 2.64. The highest BCUT2D eigenvalue weighted by molar-refractivity contribution is 5.78. The average molecular weight is 228 g/mol. The number of likely N-dealkylation sites (tertiary alicyclic amines) is 1. The van der Waals surface area contributed by atoms with E-state index >= 15 is 0 Å². The largest absolute Gasteiger partial charge is 0.480 e. The lowest BCUT2D eigenvalue weighted by molar-refractivity contribution is -0.139. The van der Waals surface area contributed by atoms with Crippen molar-refractivity contribution in [3.8, 4) is 0 Å². The molecule has 16 heavy (non-hydrogen) atoms. The zero-order valence-corrected chi connectivity index (χ0v) is 9.74. The molecule has 1 fully saturated rings. The number of hydrogen-bond acceptors (Lipinski definition) is 3. The standard InChI is InChI=1S/C11H20N2O3/c1-12-9(11(15)16)5-2-3-7-13-8-4-6-10(13)14/h9,12H,2-8H2,1H3,(H,15,16). The van der Waals surface area contributed by atoms with Gasteiger partial charge < -0.3 is 15.3 Å². The van der Waals surface area contributed by atoms with Crippen LogP contribution in [-0.4, -0.2) is 48.1 Å². The molecule has 0 bridgehead atoms. The second-order valence-electron chi connectivity index (χ2n) is 4.16. The first-order valence-corrected chi connectivity index (χ1v) is 5.83. The third kappa shape index (κ3) is 3.81. The summed E-state index contributed by atoms with van der Waals surface area (Å²) in [6.07, 6.45) is 3.98. The number of rotatable bonds is 7. The molecule has 1 rings (SSSR count). The highest BCUT2D eigenvalue weighted by atomic mass is 16.4. The molecule has 0 aliphatic carbocycles. The Kier molecular flexibility index (Phi) is 5.25. The van der Waals surface area contributed by atoms with Crippen molar-refractivity contribution in [2.24, 2.45) is 0 Å². The monoisotopic (exact) mass is 228 g/mol. The highest BCUT2D eigenvalue weighted by Crippen LogP contribution is 2.11. The summed E-state index contributed by atoms with van der Waals surface area (Å²) < 4.78 is 0. The molecular formula is C11H20N2O3. The summed E-state index contributed by atoms with van der Waals surface area (Å²) >= 11 is 0. The Morgan fingerprint density at radius 3 is 2.81 bits per heavy atom. The van der Waals surface area contributed by atoms with Gasteiger partial charge in [0.1, 0.15) is 6.04 Å². The number of aliphatic carboxylic acids is 1. The maximum Gasteiger partial charge on any atom is 0.320 e. The van der Waals surface area contributed by atoms with E-state index in [1.54, 1.807) is 7.05 Å². The second-order valence-corrected chi connectivity index (χ2v) is 4.16. The van der Waals surface area contributed by atoms with Crippen molar-refractivity contribution in [1.29, 1.82) is 0 Å². The van der Waals surface area contributed by atoms with Gasteiger partial charge in [-0.25, -0.2) is 0 Å². The van der Waals surface area contributed by atoms with Crippen LogP contribution in [0, 0.1) is 0 Å². The summed E-state index contributed by atoms with van der Waals surface area (Å²) in [5.41, 5.74) is 0. The summed E-state index contributed by atoms with van der Waals surface area (Å²) in [5, 5.41) is 11.6. The Bertz CT molecular complexity index is 252. The topological polar surface area (TPSA) is 69.6 Å². The minimum absolute atomic E-state index is 0.239. The molecule has 0 aromatic heterocycles. The quantitative estimate of drug-likeness (QED) is 0.621. The zero-order valence-electron chi connectivity index (χ0n) is 9.74. The fourth-order valence-corrected chi connectivity index (χ4v) is 1.98. The predicted molar refractivity (Wildman–Crippen MR) is 60.1 cm³/mol. The number of carbonyl (C=O) groups excluding carboxylic acids is 1. The number of carboxylic acids is 1. The van der Waals surface area contributed by atoms with Crippen molar-refractivity contribution >= 4 is 11.9 Å². The maximum atomic E-state index is 11.3. The minimum Gasteiger partial charge on any atom is -0.480 e. The molecule has 1 atom stereocenters. The summed E-state index contributed by atoms with van der Waals surface area (Å²) in [6.45, 7) is 1.64. The van der Waals surface area contributed by atoms with Gasteiger partial charge in [0.25, 0.3) is 0 Å². The Labute approximate surface area is 95.8 Å². The van der Waals surface area contributed by atoms with Gasteiger partial charge in [0.15, 0.2) is 0 Å². The first kappa shape index (κ1) is 13.0. The van der Waals surface area contributed by atoms with Crippen LogP contribution in [0.1, 0.15) is 32.1 Å². The van der Waals surface area contributed by atoms with E-state index in [-0.39, 0.29) is 5.91 Å². The molecule has 92 valence electrons. The van der Waals surface area contributed by atoms with E-state index in [2.05, 4.69) is 5.32 Å². The number of amides is 1. The third-order valence-corrected chi connectivity index (χ3v) is 2.99. The molecule has 5 heteroatoms. The van der Waals surface area contributed by atoms with Gasteiger partial charge in [0.2, 0.25) is 5.91 Å². The van der Waals surface area contributed by atoms with Crippen LogP contribution in [0.2, 0.25) is 0 Å². The van der Waals surface area contributed by atoms with E-state index in [1.807, 2.05) is 4.90 Å². The van der Waals surface area contributed by atoms with Gasteiger partial charge in [-0.15, -0.1) is 0 Å². The highest BCUT2D eigenvalue weighted by Gasteiger charge is 2.19. The minimum atomic E-state index is -0.806. The molecule has 1 saturated heterocycles. The lowest BCUT2D eigenvalue weighted by atomic mass is 10.1. The van der Waals surface area contributed by atoms with Gasteiger partial charge in [0, 0.05) is 19.5 Å². The molecule has 1 aliphatic rings. The Balaban J connectivity index is 2.11. The van der Waals surface area contributed by atoms with Crippen molar-refractivity contribution in [3.05, 3.63) is 0 Å². The molecule has 1 aliphatic heterocycles. The van der Waals surface area contributed by atoms with Crippen LogP contribution < -0.4 is 5.32 Å². The molecule has 0 aromatic carbocycles. The predicted octanol–water partition coefficient (Wildman–Crippen LogP) is 0.452. The number of nitrogens with zero attached hydrogens (tertiary/aromatic N) is 1. The van der Waals surface area contributed by atoms with Crippen molar-refractivity contribution < 1.29 is 14.7 Å². The second kappa shape index (κ2) is 6.48. The first-order chi connectivity index (χ1) is 7.65. The summed E-state index contributed by atoms with van der Waals surface area (Å²) in [6, 6.07) is -0.464. The number of likely N-dealkylation sites (N-methyl/N-ethyl adjacent to an activating group) is 1. The van der Waals surface area contributed by atoms with E-state index in [0.29, 0.717) is 12.8 Å². The number of carbonyl (C=O) groups is 2. The summed E-state index contributed by atoms with van der Waals surface area (Å²) in [5.74, 6) is -0.567. The van der Waals surface area contributed by atoms with Crippen LogP contribution in [0.25, 0.3) is 0 Å². The van der Waals surface area contributed by atoms with Crippen LogP contribution in [0.3, 0.4) is 0 Å². The number of carboxylic acid groups (broad SMARTS) is 1. The third-order valence-electron chi connectivity index (χ3n) is 2.99. The van der Waals surface area contributed by atoms with E-state index in [1.165, 1.54) is 0 Å². The van der Waals surface area contributed by atoms with E-state index < -0.39 is 12.0 Å². The van der Waals surface area contributed by atoms with Gasteiger partial charge in [0.05, 0.1) is 0 Å². The molecule has 0 aromatic rings. The molecule has 0 radical (unpaired) electrons. The van der Waals surface area contributed by atoms with Gasteiger partial charge in [-0.05, 0) is 32.7 Å². The smallest absolute Gasteiger partial charge is 0.320 e. The SMILES string of the molecule is CNC(CCCCN1CCCC1=O)C(=O)O. The van der Waals surface area contributed by atoms with E-state index in [0.717, 1.165) is 32.4 Å². The molecule has 1 amide bonds. The van der Waals surface area contributed by atoms with Gasteiger partial charge in [-0.2, -0.15) is 0 Å². The van der Waals surface area contributed by atoms with Crippen LogP contribution in [0.5, 0.6) is 0 Å². The van der Waals surface area contributed by atoms with Gasteiger partial charge in [-0.1, -0.05) is 0 Å². The molecule has 1 heterocycles. The Morgan fingerprint density at radius 1 is 1.56 bits per heavy atom. The van der Waals surface area contributed by atoms with Crippen molar-refractivity contribution in [1.82, 2.24) is 10.2 Å². The number of hydrogen-bond donors (Lipinski definition) is 2. The fourth-order valence-electron chi connectivity index (χ4n) is 1.98. The van der Waals surface area contributed by atoms with Crippen LogP contribution in [-0.2, 0) is 9.59 Å². The molecule has 0 spiro atoms. The zero-order chi connectivity index (χ0) is 12.0. The van der Waals surface area contributed by atoms with Gasteiger partial charge >= 0.3 is 5.97 Å². The molecule has 5 nitrogen and oxygen atoms in total. The van der Waals surface area contributed by atoms with Gasteiger partial charge in [-0.3, -0.25) is 9.59 Å². The summed E-state index contributed by atoms with van der Waals surface area (Å²) in [4.78, 5) is 23.9. The Hall–Kier alpha value is -1.10. The van der Waals surface area contributed by atoms with Crippen LogP contribution in [0.4, 0.5) is 0 Å². The van der Waals surface area contributed by atoms with Crippen molar-refractivity contribution in [3.63, 3.8) is 0 Å². The lowest BCUT2D eigenvalue weighted by Crippen LogP contribution is -2.34. The van der Waals surface area contributed by atoms with Crippen LogP contribution >= 0.6 is 0 Å². The first-order valence-electron chi connectivity index (χ1n) is 5.83. The van der Waals surface area contributed by atoms with Crippen molar-refractivity contribution in [2.75, 3.05) is 20.1 Å². The molecular weight excluding hydrogens is 208 g/mol.